The van der Waals surface area contributed by atoms with Crippen molar-refractivity contribution in [1.29, 1.82) is 0 Å². The molecule has 33 heavy (non-hydrogen) atoms. The van der Waals surface area contributed by atoms with Gasteiger partial charge in [-0.3, -0.25) is 4.79 Å². The second-order valence-electron chi connectivity index (χ2n) is 7.33. The van der Waals surface area contributed by atoms with Crippen LogP contribution >= 0.6 is 0 Å². The number of nitrogens with one attached hydrogen (secondary N) is 1. The Morgan fingerprint density at radius 1 is 0.848 bits per heavy atom. The molecule has 0 aliphatic carbocycles. The number of hydrogen-bond donors (Lipinski definition) is 2. The summed E-state index contributed by atoms with van der Waals surface area (Å²) in [5.41, 5.74) is 6.57. The average molecular weight is 448 g/mol. The monoisotopic (exact) mass is 448 g/mol. The van der Waals surface area contributed by atoms with Crippen LogP contribution in [-0.2, 0) is 12.6 Å². The number of amides is 1. The van der Waals surface area contributed by atoms with Crippen LogP contribution in [0.3, 0.4) is 0 Å². The van der Waals surface area contributed by atoms with Gasteiger partial charge in [-0.05, 0) is 35.4 Å². The summed E-state index contributed by atoms with van der Waals surface area (Å²) in [6.07, 6.45) is -4.59. The molecule has 0 aliphatic heterocycles. The molecule has 1 aromatic heterocycles. The van der Waals surface area contributed by atoms with Crippen LogP contribution in [0.4, 0.5) is 24.7 Å². The first-order chi connectivity index (χ1) is 15.8. The van der Waals surface area contributed by atoms with Crippen LogP contribution in [0.15, 0.2) is 84.9 Å². The smallest absolute Gasteiger partial charge is 0.366 e. The fourth-order valence-corrected chi connectivity index (χ4v) is 3.53. The first kappa shape index (κ1) is 22.0. The van der Waals surface area contributed by atoms with Crippen molar-refractivity contribution in [2.45, 2.75) is 12.6 Å². The van der Waals surface area contributed by atoms with E-state index in [1.54, 1.807) is 42.5 Å². The summed E-state index contributed by atoms with van der Waals surface area (Å²) in [7, 11) is 0. The minimum Gasteiger partial charge on any atom is -0.366 e. The predicted octanol–water partition coefficient (Wildman–Crippen LogP) is 5.60. The normalized spacial score (nSPS) is 11.2. The highest BCUT2D eigenvalue weighted by Crippen LogP contribution is 2.40. The molecule has 0 saturated heterocycles. The largest absolute Gasteiger partial charge is 0.418 e. The number of hydrogen-bond acceptors (Lipinski definition) is 4. The molecule has 0 radical (unpaired) electrons. The van der Waals surface area contributed by atoms with Crippen molar-refractivity contribution in [3.63, 3.8) is 0 Å². The van der Waals surface area contributed by atoms with Crippen molar-refractivity contribution in [3.8, 4) is 11.3 Å². The number of benzene rings is 3. The molecule has 4 aromatic rings. The van der Waals surface area contributed by atoms with Crippen molar-refractivity contribution in [3.05, 3.63) is 107 Å². The number of carbonyl (C=O) groups is 1. The fraction of sp³-hybridized carbons (Fsp3) is 0.0800. The topological polar surface area (TPSA) is 80.9 Å². The zero-order valence-electron chi connectivity index (χ0n) is 17.3. The third kappa shape index (κ3) is 5.01. The first-order valence-electron chi connectivity index (χ1n) is 10.1. The van der Waals surface area contributed by atoms with Gasteiger partial charge in [-0.1, -0.05) is 60.7 Å². The number of aromatic nitrogens is 2. The minimum atomic E-state index is -4.67. The van der Waals surface area contributed by atoms with Gasteiger partial charge in [0.2, 0.25) is 5.91 Å². The van der Waals surface area contributed by atoms with Gasteiger partial charge in [0.15, 0.2) is 5.82 Å². The van der Waals surface area contributed by atoms with Crippen molar-refractivity contribution in [1.82, 2.24) is 10.2 Å². The highest BCUT2D eigenvalue weighted by atomic mass is 19.4. The van der Waals surface area contributed by atoms with E-state index in [0.29, 0.717) is 5.69 Å². The third-order valence-corrected chi connectivity index (χ3v) is 5.09. The van der Waals surface area contributed by atoms with Gasteiger partial charge in [-0.25, -0.2) is 0 Å². The van der Waals surface area contributed by atoms with E-state index in [1.807, 2.05) is 30.3 Å². The van der Waals surface area contributed by atoms with E-state index in [1.165, 1.54) is 0 Å². The number of nitrogens with two attached hydrogens (primary N) is 1. The zero-order valence-corrected chi connectivity index (χ0v) is 17.3. The number of alkyl halides is 3. The molecule has 8 heteroatoms. The molecule has 0 bridgehead atoms. The lowest BCUT2D eigenvalue weighted by Crippen LogP contribution is -2.19. The number of carbonyl (C=O) groups excluding carboxylic acids is 1. The summed E-state index contributed by atoms with van der Waals surface area (Å²) in [4.78, 5) is 12.1. The van der Waals surface area contributed by atoms with Crippen LogP contribution in [0.2, 0.25) is 0 Å². The molecule has 3 N–H and O–H groups in total. The van der Waals surface area contributed by atoms with Gasteiger partial charge in [-0.2, -0.15) is 13.2 Å². The molecule has 0 atom stereocenters. The molecular weight excluding hydrogens is 429 g/mol. The molecule has 4 rings (SSSR count). The molecule has 0 aliphatic rings. The fourth-order valence-electron chi connectivity index (χ4n) is 3.53. The lowest BCUT2D eigenvalue weighted by molar-refractivity contribution is -0.137. The maximum atomic E-state index is 13.9. The Bertz CT molecular complexity index is 1260. The predicted molar refractivity (Wildman–Crippen MR) is 120 cm³/mol. The van der Waals surface area contributed by atoms with E-state index in [-0.39, 0.29) is 29.1 Å². The summed E-state index contributed by atoms with van der Waals surface area (Å²) in [6, 6.07) is 23.3. The molecule has 166 valence electrons. The summed E-state index contributed by atoms with van der Waals surface area (Å²) in [6.45, 7) is 0. The summed E-state index contributed by atoms with van der Waals surface area (Å²) >= 11 is 0. The lowest BCUT2D eigenvalue weighted by atomic mass is 9.94. The maximum Gasteiger partial charge on any atom is 0.418 e. The summed E-state index contributed by atoms with van der Waals surface area (Å²) < 4.78 is 41.7. The summed E-state index contributed by atoms with van der Waals surface area (Å²) in [5.74, 6) is -0.709. The molecule has 0 saturated carbocycles. The van der Waals surface area contributed by atoms with Crippen LogP contribution in [-0.4, -0.2) is 16.1 Å². The van der Waals surface area contributed by atoms with Gasteiger partial charge in [0, 0.05) is 17.5 Å². The zero-order chi connectivity index (χ0) is 23.4. The van der Waals surface area contributed by atoms with Crippen LogP contribution in [0.25, 0.3) is 11.3 Å². The van der Waals surface area contributed by atoms with Gasteiger partial charge in [0.25, 0.3) is 0 Å². The van der Waals surface area contributed by atoms with Gasteiger partial charge in [0.1, 0.15) is 0 Å². The molecule has 5 nitrogen and oxygen atoms in total. The van der Waals surface area contributed by atoms with Gasteiger partial charge in [-0.15, -0.1) is 10.2 Å². The lowest BCUT2D eigenvalue weighted by Gasteiger charge is -2.20. The van der Waals surface area contributed by atoms with Crippen LogP contribution in [0, 0.1) is 0 Å². The number of anilines is 2. The van der Waals surface area contributed by atoms with Crippen molar-refractivity contribution < 1.29 is 18.0 Å². The van der Waals surface area contributed by atoms with E-state index >= 15 is 0 Å². The Balaban J connectivity index is 1.79. The van der Waals surface area contributed by atoms with E-state index < -0.39 is 17.6 Å². The minimum absolute atomic E-state index is 0.00298. The second kappa shape index (κ2) is 9.12. The number of rotatable bonds is 6. The Morgan fingerprint density at radius 2 is 1.52 bits per heavy atom. The second-order valence-corrected chi connectivity index (χ2v) is 7.33. The molecule has 1 amide bonds. The standard InChI is InChI=1S/C25H19F3N4O/c26-25(27,28)20-12-11-18(24(29)33)19(15-16-7-3-1-4-8-16)23(20)30-22-14-13-21(31-32-22)17-9-5-2-6-10-17/h1-14H,15H2,(H2,29,33)(H,30,32). The molecule has 1 heterocycles. The highest BCUT2D eigenvalue weighted by Gasteiger charge is 2.36. The maximum absolute atomic E-state index is 13.9. The van der Waals surface area contributed by atoms with E-state index in [9.17, 15) is 18.0 Å². The summed E-state index contributed by atoms with van der Waals surface area (Å²) in [5, 5.41) is 10.9. The molecule has 3 aromatic carbocycles. The number of nitrogens with zero attached hydrogens (tertiary/aromatic N) is 2. The Morgan fingerprint density at radius 3 is 2.09 bits per heavy atom. The Kier molecular flexibility index (Phi) is 6.08. The Labute approximate surface area is 188 Å². The van der Waals surface area contributed by atoms with E-state index in [2.05, 4.69) is 15.5 Å². The third-order valence-electron chi connectivity index (χ3n) is 5.09. The van der Waals surface area contributed by atoms with Gasteiger partial charge >= 0.3 is 6.18 Å². The molecule has 0 fully saturated rings. The van der Waals surface area contributed by atoms with Crippen LogP contribution in [0.1, 0.15) is 27.0 Å². The van der Waals surface area contributed by atoms with Gasteiger partial charge in [0.05, 0.1) is 16.9 Å². The highest BCUT2D eigenvalue weighted by molar-refractivity contribution is 5.96. The SMILES string of the molecule is NC(=O)c1ccc(C(F)(F)F)c(Nc2ccc(-c3ccccc3)nn2)c1Cc1ccccc1. The molecular formula is C25H19F3N4O. The molecule has 0 unspecified atom stereocenters. The van der Waals surface area contributed by atoms with Crippen molar-refractivity contribution >= 4 is 17.4 Å². The molecule has 0 spiro atoms. The quantitative estimate of drug-likeness (QED) is 0.403. The van der Waals surface area contributed by atoms with Crippen LogP contribution < -0.4 is 11.1 Å². The van der Waals surface area contributed by atoms with Crippen molar-refractivity contribution in [2.75, 3.05) is 5.32 Å². The van der Waals surface area contributed by atoms with Crippen LogP contribution in [0.5, 0.6) is 0 Å². The Hall–Kier alpha value is -4.20. The van der Waals surface area contributed by atoms with Crippen molar-refractivity contribution in [2.24, 2.45) is 5.73 Å². The number of halogens is 3. The van der Waals surface area contributed by atoms with Gasteiger partial charge < -0.3 is 11.1 Å². The van der Waals surface area contributed by atoms with E-state index in [4.69, 9.17) is 5.73 Å². The average Bonchev–Trinajstić information content (AvgIpc) is 2.81. The first-order valence-corrected chi connectivity index (χ1v) is 10.1. The number of primary amides is 1. The van der Waals surface area contributed by atoms with E-state index in [0.717, 1.165) is 23.3 Å².